The van der Waals surface area contributed by atoms with Gasteiger partial charge in [0, 0.05) is 17.6 Å². The van der Waals surface area contributed by atoms with E-state index >= 15 is 0 Å². The Bertz CT molecular complexity index is 804. The predicted octanol–water partition coefficient (Wildman–Crippen LogP) is 3.68. The number of hydrogen-bond donors (Lipinski definition) is 2. The molecule has 3 aromatic rings. The van der Waals surface area contributed by atoms with Crippen LogP contribution in [0.5, 0.6) is 5.75 Å². The number of nitrogens with one attached hydrogen (secondary N) is 1. The van der Waals surface area contributed by atoms with E-state index in [9.17, 15) is 5.11 Å². The molecule has 1 atom stereocenters. The van der Waals surface area contributed by atoms with Crippen LogP contribution in [0.25, 0.3) is 21.5 Å². The number of rotatable bonds is 6. The van der Waals surface area contributed by atoms with Gasteiger partial charge < -0.3 is 19.7 Å². The quantitative estimate of drug-likeness (QED) is 0.712. The Balaban J connectivity index is 1.72. The number of aromatic nitrogens is 1. The molecule has 2 N–H and O–H groups in total. The highest BCUT2D eigenvalue weighted by Crippen LogP contribution is 2.36. The van der Waals surface area contributed by atoms with Crippen LogP contribution in [0, 0.1) is 0 Å². The normalized spacial score (nSPS) is 13.3. The number of β-amino-alcohol motifs (C(OH)–C–C–N with tert-alkyl or cyclic N) is 1. The molecule has 0 amide bonds. The summed E-state index contributed by atoms with van der Waals surface area (Å²) in [6.45, 7) is 6.88. The molecule has 0 fully saturated rings. The van der Waals surface area contributed by atoms with Crippen molar-refractivity contribution in [2.24, 2.45) is 0 Å². The molecular weight excluding hydrogens is 324 g/mol. The van der Waals surface area contributed by atoms with Crippen molar-refractivity contribution in [3.63, 3.8) is 0 Å². The van der Waals surface area contributed by atoms with Gasteiger partial charge in [-0.15, -0.1) is 11.3 Å². The summed E-state index contributed by atoms with van der Waals surface area (Å²) in [7, 11) is 0. The van der Waals surface area contributed by atoms with Crippen molar-refractivity contribution in [3.8, 4) is 17.0 Å². The maximum Gasteiger partial charge on any atom is 0.178 e. The minimum atomic E-state index is -0.587. The first-order chi connectivity index (χ1) is 11.4. The van der Waals surface area contributed by atoms with Crippen LogP contribution in [0.4, 0.5) is 0 Å². The number of aliphatic hydroxyl groups is 1. The Kier molecular flexibility index (Phi) is 4.89. The van der Waals surface area contributed by atoms with E-state index in [1.807, 2.05) is 35.7 Å². The molecule has 0 bridgehead atoms. The van der Waals surface area contributed by atoms with Gasteiger partial charge in [0.1, 0.15) is 28.9 Å². The number of benzene rings is 1. The molecule has 2 aromatic heterocycles. The van der Waals surface area contributed by atoms with Crippen molar-refractivity contribution >= 4 is 21.6 Å². The van der Waals surface area contributed by atoms with Gasteiger partial charge in [-0.2, -0.15) is 0 Å². The van der Waals surface area contributed by atoms with E-state index < -0.39 is 6.10 Å². The minimum Gasteiger partial charge on any atom is -0.490 e. The van der Waals surface area contributed by atoms with Crippen LogP contribution in [0.2, 0.25) is 0 Å². The van der Waals surface area contributed by atoms with Gasteiger partial charge >= 0.3 is 0 Å². The van der Waals surface area contributed by atoms with Crippen molar-refractivity contribution < 1.29 is 14.4 Å². The Morgan fingerprint density at radius 2 is 2.08 bits per heavy atom. The molecule has 0 spiro atoms. The van der Waals surface area contributed by atoms with E-state index in [2.05, 4.69) is 31.2 Å². The number of aliphatic hydroxyl groups excluding tert-OH is 1. The van der Waals surface area contributed by atoms with Gasteiger partial charge in [0.2, 0.25) is 0 Å². The summed E-state index contributed by atoms with van der Waals surface area (Å²) in [6.07, 6.45) is -0.587. The third-order valence-electron chi connectivity index (χ3n) is 3.52. The highest BCUT2D eigenvalue weighted by atomic mass is 32.1. The zero-order chi connectivity index (χ0) is 17.2. The van der Waals surface area contributed by atoms with E-state index in [1.165, 1.54) is 0 Å². The first kappa shape index (κ1) is 17.0. The monoisotopic (exact) mass is 346 g/mol. The Morgan fingerprint density at radius 1 is 1.29 bits per heavy atom. The maximum absolute atomic E-state index is 10.1. The maximum atomic E-state index is 10.1. The van der Waals surface area contributed by atoms with Crippen molar-refractivity contribution in [1.82, 2.24) is 10.5 Å². The third kappa shape index (κ3) is 3.95. The average molecular weight is 346 g/mol. The van der Waals surface area contributed by atoms with Gasteiger partial charge in [-0.3, -0.25) is 0 Å². The highest BCUT2D eigenvalue weighted by Gasteiger charge is 2.17. The number of nitrogens with zero attached hydrogens (tertiary/aromatic N) is 1. The van der Waals surface area contributed by atoms with Gasteiger partial charge in [0.15, 0.2) is 5.58 Å². The Labute approximate surface area is 145 Å². The lowest BCUT2D eigenvalue weighted by molar-refractivity contribution is 0.100. The summed E-state index contributed by atoms with van der Waals surface area (Å²) in [4.78, 5) is 0. The lowest BCUT2D eigenvalue weighted by Crippen LogP contribution is -2.42. The molecule has 0 aliphatic carbocycles. The second-order valence-corrected chi connectivity index (χ2v) is 7.65. The van der Waals surface area contributed by atoms with Gasteiger partial charge in [0.05, 0.1) is 0 Å². The Hall–Kier alpha value is -1.89. The first-order valence-electron chi connectivity index (χ1n) is 7.92. The van der Waals surface area contributed by atoms with Crippen molar-refractivity contribution in [2.45, 2.75) is 32.4 Å². The molecule has 2 heterocycles. The third-order valence-corrected chi connectivity index (χ3v) is 4.42. The lowest BCUT2D eigenvalue weighted by atomic mass is 10.1. The molecule has 1 aromatic carbocycles. The number of fused-ring (bicyclic) bond motifs is 1. The van der Waals surface area contributed by atoms with Gasteiger partial charge in [-0.1, -0.05) is 17.3 Å². The Morgan fingerprint density at radius 3 is 2.88 bits per heavy atom. The lowest BCUT2D eigenvalue weighted by Gasteiger charge is -2.23. The van der Waals surface area contributed by atoms with Crippen molar-refractivity contribution in [1.29, 1.82) is 0 Å². The molecular formula is C18H22N2O3S. The SMILES string of the molecule is CC(C)(C)NCC(O)COc1ccccc1-c1noc2ccsc12. The first-order valence-corrected chi connectivity index (χ1v) is 8.80. The zero-order valence-electron chi connectivity index (χ0n) is 14.1. The fourth-order valence-corrected chi connectivity index (χ4v) is 3.11. The van der Waals surface area contributed by atoms with E-state index in [0.717, 1.165) is 21.5 Å². The molecule has 3 rings (SSSR count). The summed E-state index contributed by atoms with van der Waals surface area (Å²) in [5.41, 5.74) is 2.39. The summed E-state index contributed by atoms with van der Waals surface area (Å²) in [6, 6.07) is 9.58. The van der Waals surface area contributed by atoms with Crippen LogP contribution in [0.15, 0.2) is 40.2 Å². The van der Waals surface area contributed by atoms with Crippen LogP contribution in [0.3, 0.4) is 0 Å². The van der Waals surface area contributed by atoms with Gasteiger partial charge in [0.25, 0.3) is 0 Å². The fourth-order valence-electron chi connectivity index (χ4n) is 2.31. The summed E-state index contributed by atoms with van der Waals surface area (Å²) in [5, 5.41) is 19.5. The molecule has 128 valence electrons. The second kappa shape index (κ2) is 6.93. The smallest absolute Gasteiger partial charge is 0.178 e. The summed E-state index contributed by atoms with van der Waals surface area (Å²) >= 11 is 1.59. The number of thiophene rings is 1. The fraction of sp³-hybridized carbons (Fsp3) is 0.389. The zero-order valence-corrected chi connectivity index (χ0v) is 14.9. The average Bonchev–Trinajstić information content (AvgIpc) is 3.14. The van der Waals surface area contributed by atoms with Crippen molar-refractivity contribution in [2.75, 3.05) is 13.2 Å². The van der Waals surface area contributed by atoms with E-state index in [-0.39, 0.29) is 12.1 Å². The molecule has 5 nitrogen and oxygen atoms in total. The largest absolute Gasteiger partial charge is 0.490 e. The highest BCUT2D eigenvalue weighted by molar-refractivity contribution is 7.17. The van der Waals surface area contributed by atoms with Crippen LogP contribution < -0.4 is 10.1 Å². The molecule has 0 radical (unpaired) electrons. The molecule has 24 heavy (non-hydrogen) atoms. The molecule has 6 heteroatoms. The molecule has 0 aliphatic rings. The van der Waals surface area contributed by atoms with Crippen LogP contribution in [-0.2, 0) is 0 Å². The van der Waals surface area contributed by atoms with E-state index in [1.54, 1.807) is 11.3 Å². The van der Waals surface area contributed by atoms with Crippen LogP contribution in [0.1, 0.15) is 20.8 Å². The molecule has 0 saturated heterocycles. The van der Waals surface area contributed by atoms with Crippen LogP contribution in [-0.4, -0.2) is 35.1 Å². The van der Waals surface area contributed by atoms with E-state index in [4.69, 9.17) is 9.26 Å². The number of ether oxygens (including phenoxy) is 1. The van der Waals surface area contributed by atoms with Gasteiger partial charge in [-0.05, 0) is 44.4 Å². The van der Waals surface area contributed by atoms with Crippen LogP contribution >= 0.6 is 11.3 Å². The number of hydrogen-bond acceptors (Lipinski definition) is 6. The predicted molar refractivity (Wildman–Crippen MR) is 96.6 cm³/mol. The summed E-state index contributed by atoms with van der Waals surface area (Å²) < 4.78 is 12.2. The van der Waals surface area contributed by atoms with Crippen molar-refractivity contribution in [3.05, 3.63) is 35.7 Å². The topological polar surface area (TPSA) is 67.5 Å². The summed E-state index contributed by atoms with van der Waals surface area (Å²) in [5.74, 6) is 0.691. The minimum absolute atomic E-state index is 0.0373. The number of para-hydroxylation sites is 1. The second-order valence-electron chi connectivity index (χ2n) is 6.74. The standard InChI is InChI=1S/C18H22N2O3S/c1-18(2,3)19-10-12(21)11-22-14-7-5-4-6-13(14)16-17-15(23-20-16)8-9-24-17/h4-9,12,19,21H,10-11H2,1-3H3. The molecule has 0 saturated carbocycles. The van der Waals surface area contributed by atoms with E-state index in [0.29, 0.717) is 12.3 Å². The molecule has 0 aliphatic heterocycles. The molecule has 1 unspecified atom stereocenters. The van der Waals surface area contributed by atoms with Gasteiger partial charge in [-0.25, -0.2) is 0 Å².